The molecule has 7 heteroatoms. The Kier molecular flexibility index (Phi) is 4.70. The smallest absolute Gasteiger partial charge is 0.326 e. The normalized spacial score (nSPS) is 25.2. The molecule has 1 saturated carbocycles. The van der Waals surface area contributed by atoms with Crippen LogP contribution >= 0.6 is 11.6 Å². The topological polar surface area (TPSA) is 74.7 Å². The van der Waals surface area contributed by atoms with Gasteiger partial charge in [0.25, 0.3) is 0 Å². The fraction of sp³-hybridized carbons (Fsp3) is 0.208. The van der Waals surface area contributed by atoms with Crippen LogP contribution in [0.4, 0.5) is 0 Å². The van der Waals surface area contributed by atoms with E-state index in [4.69, 9.17) is 11.6 Å². The minimum absolute atomic E-state index is 0.102. The summed E-state index contributed by atoms with van der Waals surface area (Å²) in [6, 6.07) is 23.2. The molecule has 1 heterocycles. The first-order valence-corrected chi connectivity index (χ1v) is 11.9. The molecule has 1 unspecified atom stereocenters. The number of carboxylic acid groups (broad SMARTS) is 1. The number of carbonyl (C=O) groups is 1. The molecule has 0 radical (unpaired) electrons. The van der Waals surface area contributed by atoms with E-state index in [-0.39, 0.29) is 23.3 Å². The van der Waals surface area contributed by atoms with E-state index in [0.29, 0.717) is 11.4 Å². The summed E-state index contributed by atoms with van der Waals surface area (Å²) in [5, 5.41) is 10.8. The van der Waals surface area contributed by atoms with Gasteiger partial charge in [0.1, 0.15) is 5.54 Å². The maximum absolute atomic E-state index is 13.5. The van der Waals surface area contributed by atoms with Crippen LogP contribution in [0, 0.1) is 5.92 Å². The van der Waals surface area contributed by atoms with Crippen molar-refractivity contribution in [1.29, 1.82) is 0 Å². The SMILES string of the molecule is O=C(O)C12[C@H](CCN1S(=O)(=O)c1ccc(-c3ccc(Cl)cc3)cc1)[C@H]2c1ccccc1. The minimum atomic E-state index is -3.96. The van der Waals surface area contributed by atoms with E-state index in [1.807, 2.05) is 42.5 Å². The fourth-order valence-corrected chi connectivity index (χ4v) is 7.00. The maximum Gasteiger partial charge on any atom is 0.326 e. The molecule has 5 nitrogen and oxygen atoms in total. The van der Waals surface area contributed by atoms with Crippen LogP contribution in [0.5, 0.6) is 0 Å². The summed E-state index contributed by atoms with van der Waals surface area (Å²) in [5.74, 6) is -1.62. The van der Waals surface area contributed by atoms with Crippen molar-refractivity contribution in [3.05, 3.63) is 89.4 Å². The quantitative estimate of drug-likeness (QED) is 0.610. The zero-order valence-electron chi connectivity index (χ0n) is 16.5. The predicted octanol–water partition coefficient (Wildman–Crippen LogP) is 4.64. The third-order valence-corrected chi connectivity index (χ3v) is 8.69. The maximum atomic E-state index is 13.5. The van der Waals surface area contributed by atoms with Crippen LogP contribution < -0.4 is 0 Å². The lowest BCUT2D eigenvalue weighted by Gasteiger charge is -2.26. The van der Waals surface area contributed by atoms with Crippen LogP contribution in [0.1, 0.15) is 17.9 Å². The number of aliphatic carboxylic acids is 1. The Hall–Kier alpha value is -2.67. The number of fused-ring (bicyclic) bond motifs is 1. The van der Waals surface area contributed by atoms with Gasteiger partial charge in [0.2, 0.25) is 10.0 Å². The molecule has 2 aliphatic rings. The number of hydrogen-bond acceptors (Lipinski definition) is 3. The van der Waals surface area contributed by atoms with Crippen molar-refractivity contribution in [3.63, 3.8) is 0 Å². The van der Waals surface area contributed by atoms with Gasteiger partial charge in [-0.3, -0.25) is 4.79 Å². The van der Waals surface area contributed by atoms with Gasteiger partial charge in [0.15, 0.2) is 0 Å². The number of halogens is 1. The van der Waals surface area contributed by atoms with E-state index in [2.05, 4.69) is 0 Å². The van der Waals surface area contributed by atoms with E-state index in [9.17, 15) is 18.3 Å². The summed E-state index contributed by atoms with van der Waals surface area (Å²) in [6.45, 7) is 0.210. The lowest BCUT2D eigenvalue weighted by molar-refractivity contribution is -0.143. The molecule has 5 rings (SSSR count). The second kappa shape index (κ2) is 7.19. The number of piperidine rings is 1. The van der Waals surface area contributed by atoms with Gasteiger partial charge >= 0.3 is 5.97 Å². The molecule has 1 aliphatic heterocycles. The van der Waals surface area contributed by atoms with Gasteiger partial charge in [-0.25, -0.2) is 8.42 Å². The van der Waals surface area contributed by atoms with Crippen LogP contribution in [-0.4, -0.2) is 35.9 Å². The van der Waals surface area contributed by atoms with Crippen LogP contribution in [-0.2, 0) is 14.8 Å². The molecule has 1 saturated heterocycles. The molecule has 1 aliphatic carbocycles. The van der Waals surface area contributed by atoms with E-state index in [1.165, 1.54) is 4.31 Å². The highest BCUT2D eigenvalue weighted by Gasteiger charge is 2.78. The van der Waals surface area contributed by atoms with Crippen LogP contribution in [0.25, 0.3) is 11.1 Å². The molecular weight excluding hydrogens is 434 g/mol. The van der Waals surface area contributed by atoms with Crippen molar-refractivity contribution in [2.24, 2.45) is 5.92 Å². The number of benzene rings is 3. The molecule has 0 aromatic heterocycles. The summed E-state index contributed by atoms with van der Waals surface area (Å²) >= 11 is 5.94. The van der Waals surface area contributed by atoms with E-state index in [0.717, 1.165) is 16.7 Å². The van der Waals surface area contributed by atoms with E-state index >= 15 is 0 Å². The first-order chi connectivity index (χ1) is 14.9. The Morgan fingerprint density at radius 2 is 1.52 bits per heavy atom. The zero-order chi connectivity index (χ0) is 21.8. The minimum Gasteiger partial charge on any atom is -0.480 e. The molecule has 1 N–H and O–H groups in total. The molecule has 3 atom stereocenters. The van der Waals surface area contributed by atoms with Gasteiger partial charge < -0.3 is 5.11 Å². The fourth-order valence-electron chi connectivity index (χ4n) is 5.07. The Morgan fingerprint density at radius 1 is 0.935 bits per heavy atom. The van der Waals surface area contributed by atoms with Crippen molar-refractivity contribution in [2.75, 3.05) is 6.54 Å². The molecular formula is C24H20ClNO4S. The highest BCUT2D eigenvalue weighted by molar-refractivity contribution is 7.89. The second-order valence-electron chi connectivity index (χ2n) is 8.02. The molecule has 0 bridgehead atoms. The van der Waals surface area contributed by atoms with Crippen molar-refractivity contribution in [2.45, 2.75) is 22.8 Å². The van der Waals surface area contributed by atoms with Gasteiger partial charge in [0.05, 0.1) is 4.90 Å². The number of nitrogens with zero attached hydrogens (tertiary/aromatic N) is 1. The number of sulfonamides is 1. The Bertz CT molecular complexity index is 1240. The van der Waals surface area contributed by atoms with Crippen LogP contribution in [0.3, 0.4) is 0 Å². The highest BCUT2D eigenvalue weighted by Crippen LogP contribution is 2.67. The van der Waals surface area contributed by atoms with Gasteiger partial charge in [-0.15, -0.1) is 0 Å². The number of carboxylic acids is 1. The van der Waals surface area contributed by atoms with Gasteiger partial charge in [0, 0.05) is 23.4 Å². The summed E-state index contributed by atoms with van der Waals surface area (Å²) in [7, 11) is -3.96. The van der Waals surface area contributed by atoms with E-state index in [1.54, 1.807) is 36.4 Å². The summed E-state index contributed by atoms with van der Waals surface area (Å²) < 4.78 is 28.2. The standard InChI is InChI=1S/C24H20ClNO4S/c25-19-10-6-16(7-11-19)17-8-12-20(13-9-17)31(29,30)26-15-14-21-22(24(21,26)23(27)28)18-4-2-1-3-5-18/h1-13,21-22H,14-15H2,(H,27,28)/t21-,22-,24?/m1/s1. The first kappa shape index (κ1) is 20.2. The largest absolute Gasteiger partial charge is 0.480 e. The third-order valence-electron chi connectivity index (χ3n) is 6.51. The van der Waals surface area contributed by atoms with Crippen LogP contribution in [0.2, 0.25) is 5.02 Å². The van der Waals surface area contributed by atoms with E-state index < -0.39 is 21.5 Å². The van der Waals surface area contributed by atoms with Crippen LogP contribution in [0.15, 0.2) is 83.8 Å². The lowest BCUT2D eigenvalue weighted by Crippen LogP contribution is -2.46. The molecule has 158 valence electrons. The number of hydrogen-bond donors (Lipinski definition) is 1. The Balaban J connectivity index is 1.49. The lowest BCUT2D eigenvalue weighted by atomic mass is 10.1. The summed E-state index contributed by atoms with van der Waals surface area (Å²) in [6.07, 6.45) is 0.536. The summed E-state index contributed by atoms with van der Waals surface area (Å²) in [4.78, 5) is 12.5. The van der Waals surface area contributed by atoms with Crippen molar-refractivity contribution < 1.29 is 18.3 Å². The first-order valence-electron chi connectivity index (χ1n) is 10.0. The van der Waals surface area contributed by atoms with Gasteiger partial charge in [-0.05, 0) is 47.4 Å². The third kappa shape index (κ3) is 3.01. The average molecular weight is 454 g/mol. The summed E-state index contributed by atoms with van der Waals surface area (Å²) in [5.41, 5.74) is 1.24. The monoisotopic (exact) mass is 453 g/mol. The Morgan fingerprint density at radius 3 is 2.10 bits per heavy atom. The predicted molar refractivity (Wildman–Crippen MR) is 118 cm³/mol. The molecule has 2 fully saturated rings. The zero-order valence-corrected chi connectivity index (χ0v) is 18.1. The van der Waals surface area contributed by atoms with Crippen molar-refractivity contribution in [1.82, 2.24) is 4.31 Å². The number of rotatable bonds is 5. The second-order valence-corrected chi connectivity index (χ2v) is 10.3. The Labute approximate surface area is 186 Å². The van der Waals surface area contributed by atoms with Gasteiger partial charge in [-0.2, -0.15) is 4.31 Å². The average Bonchev–Trinajstić information content (AvgIpc) is 3.28. The molecule has 0 spiro atoms. The molecule has 31 heavy (non-hydrogen) atoms. The molecule has 0 amide bonds. The van der Waals surface area contributed by atoms with Crippen molar-refractivity contribution in [3.8, 4) is 11.1 Å². The molecule has 3 aromatic rings. The van der Waals surface area contributed by atoms with Crippen molar-refractivity contribution >= 4 is 27.6 Å². The van der Waals surface area contributed by atoms with Gasteiger partial charge in [-0.1, -0.05) is 66.2 Å². The molecule has 3 aromatic carbocycles. The highest BCUT2D eigenvalue weighted by atomic mass is 35.5.